The zero-order valence-electron chi connectivity index (χ0n) is 9.00. The van der Waals surface area contributed by atoms with Gasteiger partial charge in [0, 0.05) is 18.6 Å². The number of hydrogen-bond donors (Lipinski definition) is 0. The highest BCUT2D eigenvalue weighted by Crippen LogP contribution is 2.29. The Morgan fingerprint density at radius 3 is 2.40 bits per heavy atom. The number of aryl methyl sites for hydroxylation is 1. The summed E-state index contributed by atoms with van der Waals surface area (Å²) < 4.78 is 2.35. The van der Waals surface area contributed by atoms with Crippen LogP contribution in [0, 0.1) is 6.92 Å². The van der Waals surface area contributed by atoms with E-state index in [-0.39, 0.29) is 17.0 Å². The van der Waals surface area contributed by atoms with Gasteiger partial charge in [0.05, 0.1) is 4.83 Å². The van der Waals surface area contributed by atoms with Crippen LogP contribution in [0.1, 0.15) is 37.3 Å². The molecular weight excluding hydrogens is 318 g/mol. The number of rotatable bonds is 1. The molecule has 2 unspecified atom stereocenters. The van der Waals surface area contributed by atoms with Crippen LogP contribution in [0.15, 0.2) is 24.5 Å². The van der Waals surface area contributed by atoms with Crippen molar-refractivity contribution >= 4 is 15.9 Å². The van der Waals surface area contributed by atoms with E-state index in [1.807, 2.05) is 0 Å². The molecule has 84 valence electrons. The Morgan fingerprint density at radius 1 is 1.20 bits per heavy atom. The molecule has 1 saturated carbocycles. The van der Waals surface area contributed by atoms with Crippen molar-refractivity contribution in [1.82, 2.24) is 0 Å². The average Bonchev–Trinajstić information content (AvgIpc) is 2.20. The van der Waals surface area contributed by atoms with Crippen molar-refractivity contribution in [1.29, 1.82) is 0 Å². The summed E-state index contributed by atoms with van der Waals surface area (Å²) in [7, 11) is 0. The molecule has 2 rings (SSSR count). The molecule has 0 spiro atoms. The fourth-order valence-electron chi connectivity index (χ4n) is 2.14. The molecule has 1 aliphatic carbocycles. The molecule has 1 heterocycles. The molecule has 1 aromatic heterocycles. The Bertz CT molecular complexity index is 297. The lowest BCUT2D eigenvalue weighted by atomic mass is 9.95. The lowest BCUT2D eigenvalue weighted by molar-refractivity contribution is -0.724. The van der Waals surface area contributed by atoms with Gasteiger partial charge in [-0.1, -0.05) is 22.4 Å². The van der Waals surface area contributed by atoms with E-state index < -0.39 is 0 Å². The maximum Gasteiger partial charge on any atom is 0.170 e. The SMILES string of the molecule is Cc1cc[n+](C2CCCCC2Br)cc1.[Br-]. The standard InChI is InChI=1S/C12H17BrN.BrH/c1-10-6-8-14(9-7-10)12-5-3-2-4-11(12)13;/h6-9,11-12H,2-5H2,1H3;1H/q+1;/p-1. The first-order valence-corrected chi connectivity index (χ1v) is 6.30. The second-order valence-corrected chi connectivity index (χ2v) is 5.37. The van der Waals surface area contributed by atoms with Crippen LogP contribution in [-0.2, 0) is 0 Å². The van der Waals surface area contributed by atoms with Crippen LogP contribution in [0.3, 0.4) is 0 Å². The minimum absolute atomic E-state index is 0. The number of nitrogens with zero attached hydrogens (tertiary/aromatic N) is 1. The molecule has 0 aromatic carbocycles. The molecule has 0 amide bonds. The van der Waals surface area contributed by atoms with E-state index in [2.05, 4.69) is 51.9 Å². The van der Waals surface area contributed by atoms with Gasteiger partial charge in [-0.15, -0.1) is 0 Å². The minimum Gasteiger partial charge on any atom is -1.00 e. The van der Waals surface area contributed by atoms with E-state index in [9.17, 15) is 0 Å². The summed E-state index contributed by atoms with van der Waals surface area (Å²) in [5, 5.41) is 0. The third-order valence-corrected chi connectivity index (χ3v) is 4.12. The second kappa shape index (κ2) is 6.00. The van der Waals surface area contributed by atoms with E-state index >= 15 is 0 Å². The summed E-state index contributed by atoms with van der Waals surface area (Å²) in [5.41, 5.74) is 1.34. The predicted molar refractivity (Wildman–Crippen MR) is 61.6 cm³/mol. The van der Waals surface area contributed by atoms with Gasteiger partial charge < -0.3 is 17.0 Å². The molecule has 1 aromatic rings. The zero-order valence-corrected chi connectivity index (χ0v) is 12.2. The zero-order chi connectivity index (χ0) is 9.97. The first kappa shape index (κ1) is 13.2. The lowest BCUT2D eigenvalue weighted by Crippen LogP contribution is -3.00. The first-order chi connectivity index (χ1) is 6.77. The summed E-state index contributed by atoms with van der Waals surface area (Å²) in [5.74, 6) is 0. The Morgan fingerprint density at radius 2 is 1.80 bits per heavy atom. The van der Waals surface area contributed by atoms with Gasteiger partial charge in [-0.3, -0.25) is 0 Å². The minimum atomic E-state index is 0. The fraction of sp³-hybridized carbons (Fsp3) is 0.583. The van der Waals surface area contributed by atoms with Gasteiger partial charge >= 0.3 is 0 Å². The van der Waals surface area contributed by atoms with Crippen LogP contribution >= 0.6 is 15.9 Å². The van der Waals surface area contributed by atoms with E-state index in [1.165, 1.54) is 31.2 Å². The fourth-order valence-corrected chi connectivity index (χ4v) is 3.00. The van der Waals surface area contributed by atoms with E-state index in [0.29, 0.717) is 10.9 Å². The summed E-state index contributed by atoms with van der Waals surface area (Å²) >= 11 is 3.79. The number of aromatic nitrogens is 1. The maximum absolute atomic E-state index is 3.79. The van der Waals surface area contributed by atoms with Gasteiger partial charge in [0.25, 0.3) is 0 Å². The van der Waals surface area contributed by atoms with Gasteiger partial charge in [-0.2, -0.15) is 0 Å². The van der Waals surface area contributed by atoms with Crippen molar-refractivity contribution in [3.63, 3.8) is 0 Å². The first-order valence-electron chi connectivity index (χ1n) is 5.39. The number of halogens is 2. The van der Waals surface area contributed by atoms with Crippen molar-refractivity contribution < 1.29 is 21.5 Å². The Balaban J connectivity index is 0.00000112. The van der Waals surface area contributed by atoms with E-state index in [4.69, 9.17) is 0 Å². The normalized spacial score (nSPS) is 25.7. The topological polar surface area (TPSA) is 3.88 Å². The van der Waals surface area contributed by atoms with Gasteiger partial charge in [0.1, 0.15) is 0 Å². The smallest absolute Gasteiger partial charge is 0.170 e. The number of pyridine rings is 1. The molecular formula is C12H17Br2N. The molecule has 1 fully saturated rings. The molecule has 0 saturated heterocycles. The Hall–Kier alpha value is 0.110. The van der Waals surface area contributed by atoms with E-state index in [0.717, 1.165) is 0 Å². The molecule has 3 heteroatoms. The molecule has 0 radical (unpaired) electrons. The molecule has 2 atom stereocenters. The maximum atomic E-state index is 3.79. The Kier molecular flexibility index (Phi) is 5.27. The van der Waals surface area contributed by atoms with Crippen LogP contribution in [0.2, 0.25) is 0 Å². The van der Waals surface area contributed by atoms with Crippen LogP contribution in [-0.4, -0.2) is 4.83 Å². The van der Waals surface area contributed by atoms with Gasteiger partial charge in [-0.25, -0.2) is 4.57 Å². The van der Waals surface area contributed by atoms with Crippen molar-refractivity contribution in [3.8, 4) is 0 Å². The summed E-state index contributed by atoms with van der Waals surface area (Å²) in [6.07, 6.45) is 9.78. The van der Waals surface area contributed by atoms with Gasteiger partial charge in [0.15, 0.2) is 18.4 Å². The lowest BCUT2D eigenvalue weighted by Gasteiger charge is -2.22. The third kappa shape index (κ3) is 3.28. The van der Waals surface area contributed by atoms with Crippen LogP contribution in [0.5, 0.6) is 0 Å². The Labute approximate surface area is 111 Å². The largest absolute Gasteiger partial charge is 1.00 e. The van der Waals surface area contributed by atoms with Crippen molar-refractivity contribution in [3.05, 3.63) is 30.1 Å². The molecule has 15 heavy (non-hydrogen) atoms. The van der Waals surface area contributed by atoms with Crippen LogP contribution < -0.4 is 21.5 Å². The highest BCUT2D eigenvalue weighted by Gasteiger charge is 2.29. The van der Waals surface area contributed by atoms with Crippen LogP contribution in [0.25, 0.3) is 0 Å². The average molecular weight is 335 g/mol. The van der Waals surface area contributed by atoms with Crippen molar-refractivity contribution in [2.45, 2.75) is 43.5 Å². The summed E-state index contributed by atoms with van der Waals surface area (Å²) in [6.45, 7) is 2.14. The van der Waals surface area contributed by atoms with Crippen molar-refractivity contribution in [2.24, 2.45) is 0 Å². The highest BCUT2D eigenvalue weighted by atomic mass is 79.9. The monoisotopic (exact) mass is 333 g/mol. The van der Waals surface area contributed by atoms with Gasteiger partial charge in [0.2, 0.25) is 0 Å². The van der Waals surface area contributed by atoms with Crippen LogP contribution in [0.4, 0.5) is 0 Å². The molecule has 0 bridgehead atoms. The highest BCUT2D eigenvalue weighted by molar-refractivity contribution is 9.09. The molecule has 0 aliphatic heterocycles. The quantitative estimate of drug-likeness (QED) is 0.509. The second-order valence-electron chi connectivity index (χ2n) is 4.19. The number of alkyl halides is 1. The van der Waals surface area contributed by atoms with Gasteiger partial charge in [-0.05, 0) is 25.3 Å². The number of hydrogen-bond acceptors (Lipinski definition) is 0. The summed E-state index contributed by atoms with van der Waals surface area (Å²) in [4.78, 5) is 0.656. The molecule has 1 nitrogen and oxygen atoms in total. The molecule has 0 N–H and O–H groups in total. The molecule has 1 aliphatic rings. The summed E-state index contributed by atoms with van der Waals surface area (Å²) in [6, 6.07) is 5.03. The predicted octanol–water partition coefficient (Wildman–Crippen LogP) is 0.165. The van der Waals surface area contributed by atoms with Crippen molar-refractivity contribution in [2.75, 3.05) is 0 Å². The van der Waals surface area contributed by atoms with E-state index in [1.54, 1.807) is 0 Å². The third-order valence-electron chi connectivity index (χ3n) is 3.05.